The van der Waals surface area contributed by atoms with Crippen LogP contribution in [0.1, 0.15) is 173 Å². The average molecular weight is 699 g/mol. The Balaban J connectivity index is 1.57. The Hall–Kier alpha value is -3.15. The zero-order valence-corrected chi connectivity index (χ0v) is 33.9. The predicted octanol–water partition coefficient (Wildman–Crippen LogP) is 10.8. The first kappa shape index (κ1) is 40.6. The van der Waals surface area contributed by atoms with Gasteiger partial charge in [0.15, 0.2) is 0 Å². The summed E-state index contributed by atoms with van der Waals surface area (Å²) in [5, 5.41) is 23.0. The highest BCUT2D eigenvalue weighted by Gasteiger charge is 2.27. The maximum absolute atomic E-state index is 11.6. The van der Waals surface area contributed by atoms with Crippen LogP contribution in [0.25, 0.3) is 0 Å². The standard InChI is InChI=1S/C45H70N4O2/c1-11-12-24-49(40-22-14-13-17-23-46-40)25-18-19-32-26-35(43(2,3)4)27-33(41(32)50)30-47-38-20-15-16-21-39(38)48-31-34-28-36(44(5,6)7)29-37(42(34)51)45(8,9)10/h26-31,38-39,50-51H,11-25H2,1-10H3. The summed E-state index contributed by atoms with van der Waals surface area (Å²) in [4.78, 5) is 17.7. The van der Waals surface area contributed by atoms with Gasteiger partial charge in [0, 0.05) is 55.2 Å². The van der Waals surface area contributed by atoms with E-state index in [0.717, 1.165) is 86.8 Å². The van der Waals surface area contributed by atoms with E-state index in [9.17, 15) is 10.2 Å². The number of phenolic OH excluding ortho intramolecular Hbond substituents is 2. The molecule has 4 rings (SSSR count). The van der Waals surface area contributed by atoms with Crippen molar-refractivity contribution in [1.82, 2.24) is 4.90 Å². The highest BCUT2D eigenvalue weighted by molar-refractivity contribution is 5.86. The van der Waals surface area contributed by atoms with Gasteiger partial charge in [-0.2, -0.15) is 0 Å². The molecule has 1 aliphatic heterocycles. The molecule has 0 aromatic heterocycles. The van der Waals surface area contributed by atoms with Gasteiger partial charge in [0.2, 0.25) is 0 Å². The molecule has 1 saturated carbocycles. The van der Waals surface area contributed by atoms with E-state index in [1.165, 1.54) is 49.1 Å². The second-order valence-corrected chi connectivity index (χ2v) is 18.3. The van der Waals surface area contributed by atoms with Crippen molar-refractivity contribution in [3.63, 3.8) is 0 Å². The van der Waals surface area contributed by atoms with Crippen LogP contribution in [0.4, 0.5) is 0 Å². The van der Waals surface area contributed by atoms with Gasteiger partial charge in [0.05, 0.1) is 17.9 Å². The molecule has 2 N–H and O–H groups in total. The third-order valence-electron chi connectivity index (χ3n) is 10.8. The maximum Gasteiger partial charge on any atom is 0.128 e. The van der Waals surface area contributed by atoms with Crippen LogP contribution in [0.2, 0.25) is 0 Å². The molecule has 0 saturated heterocycles. The first-order valence-corrected chi connectivity index (χ1v) is 20.1. The van der Waals surface area contributed by atoms with E-state index in [1.54, 1.807) is 0 Å². The fraction of sp³-hybridized carbons (Fsp3) is 0.667. The summed E-state index contributed by atoms with van der Waals surface area (Å²) >= 11 is 0. The van der Waals surface area contributed by atoms with E-state index in [4.69, 9.17) is 15.0 Å². The number of rotatable bonds is 11. The maximum atomic E-state index is 11.6. The molecule has 1 fully saturated rings. The lowest BCUT2D eigenvalue weighted by molar-refractivity contribution is 0.388. The number of hydrogen-bond donors (Lipinski definition) is 2. The smallest absolute Gasteiger partial charge is 0.128 e. The summed E-state index contributed by atoms with van der Waals surface area (Å²) in [6, 6.07) is 8.64. The zero-order chi connectivity index (χ0) is 37.4. The molecule has 2 atom stereocenters. The summed E-state index contributed by atoms with van der Waals surface area (Å²) in [6.45, 7) is 25.0. The van der Waals surface area contributed by atoms with E-state index in [2.05, 4.69) is 98.4 Å². The van der Waals surface area contributed by atoms with Gasteiger partial charge in [0.1, 0.15) is 11.5 Å². The van der Waals surface area contributed by atoms with Gasteiger partial charge in [0.25, 0.3) is 0 Å². The monoisotopic (exact) mass is 699 g/mol. The topological polar surface area (TPSA) is 80.8 Å². The van der Waals surface area contributed by atoms with Gasteiger partial charge >= 0.3 is 0 Å². The van der Waals surface area contributed by atoms with Crippen LogP contribution in [-0.2, 0) is 22.7 Å². The average Bonchev–Trinajstić information content (AvgIpc) is 3.34. The Labute approximate surface area is 311 Å². The van der Waals surface area contributed by atoms with Crippen LogP contribution in [0.3, 0.4) is 0 Å². The van der Waals surface area contributed by atoms with Crippen molar-refractivity contribution in [1.29, 1.82) is 0 Å². The molecule has 1 aliphatic carbocycles. The number of hydrogen-bond acceptors (Lipinski definition) is 6. The van der Waals surface area contributed by atoms with E-state index in [1.807, 2.05) is 12.4 Å². The third-order valence-corrected chi connectivity index (χ3v) is 10.8. The van der Waals surface area contributed by atoms with Gasteiger partial charge in [-0.15, -0.1) is 0 Å². The second-order valence-electron chi connectivity index (χ2n) is 18.3. The van der Waals surface area contributed by atoms with E-state index >= 15 is 0 Å². The van der Waals surface area contributed by atoms with Gasteiger partial charge in [-0.25, -0.2) is 0 Å². The molecule has 2 aliphatic rings. The minimum absolute atomic E-state index is 0.0265. The van der Waals surface area contributed by atoms with Gasteiger partial charge in [-0.3, -0.25) is 15.0 Å². The quantitative estimate of drug-likeness (QED) is 0.229. The van der Waals surface area contributed by atoms with Gasteiger partial charge < -0.3 is 15.1 Å². The Bertz CT molecular complexity index is 1530. The third kappa shape index (κ3) is 11.4. The van der Waals surface area contributed by atoms with Crippen molar-refractivity contribution in [3.05, 3.63) is 57.6 Å². The molecule has 51 heavy (non-hydrogen) atoms. The molecule has 2 unspecified atom stereocenters. The Morgan fingerprint density at radius 2 is 1.27 bits per heavy atom. The molecule has 6 nitrogen and oxygen atoms in total. The lowest BCUT2D eigenvalue weighted by Gasteiger charge is -2.28. The number of benzene rings is 2. The number of aryl methyl sites for hydroxylation is 1. The number of aromatic hydroxyl groups is 2. The number of unbranched alkanes of at least 4 members (excludes halogenated alkanes) is 1. The molecular weight excluding hydrogens is 629 g/mol. The van der Waals surface area contributed by atoms with Crippen LogP contribution in [0, 0.1) is 0 Å². The molecule has 2 aromatic carbocycles. The Kier molecular flexibility index (Phi) is 14.0. The first-order chi connectivity index (χ1) is 24.0. The summed E-state index contributed by atoms with van der Waals surface area (Å²) in [5.74, 6) is 1.97. The molecule has 0 spiro atoms. The van der Waals surface area contributed by atoms with E-state index in [-0.39, 0.29) is 28.3 Å². The molecule has 0 amide bonds. The molecule has 282 valence electrons. The molecule has 0 bridgehead atoms. The van der Waals surface area contributed by atoms with Crippen molar-refractivity contribution >= 4 is 18.3 Å². The number of amidine groups is 1. The predicted molar refractivity (Wildman–Crippen MR) is 219 cm³/mol. The largest absolute Gasteiger partial charge is 0.507 e. The summed E-state index contributed by atoms with van der Waals surface area (Å²) in [6.07, 6.45) is 16.9. The highest BCUT2D eigenvalue weighted by Crippen LogP contribution is 2.38. The normalized spacial score (nSPS) is 19.5. The van der Waals surface area contributed by atoms with Crippen molar-refractivity contribution in [2.45, 2.75) is 175 Å². The van der Waals surface area contributed by atoms with Crippen LogP contribution in [0.5, 0.6) is 11.5 Å². The van der Waals surface area contributed by atoms with Gasteiger partial charge in [-0.1, -0.05) is 107 Å². The lowest BCUT2D eigenvalue weighted by atomic mass is 9.79. The lowest BCUT2D eigenvalue weighted by Crippen LogP contribution is -2.33. The Morgan fingerprint density at radius 3 is 1.84 bits per heavy atom. The highest BCUT2D eigenvalue weighted by atomic mass is 16.3. The van der Waals surface area contributed by atoms with Crippen LogP contribution < -0.4 is 0 Å². The van der Waals surface area contributed by atoms with Crippen molar-refractivity contribution in [2.24, 2.45) is 15.0 Å². The SMILES string of the molecule is CCCCN(CCCc1cc(C(C)(C)C)cc(C=NC2CCCCC2N=Cc2cc(C(C)(C)C)cc(C(C)(C)C)c2O)c1O)C1=NCCCCC1. The number of aliphatic imine (C=N–C) groups is 3. The first-order valence-electron chi connectivity index (χ1n) is 20.1. The van der Waals surface area contributed by atoms with E-state index in [0.29, 0.717) is 11.5 Å². The second kappa shape index (κ2) is 17.6. The Morgan fingerprint density at radius 1 is 0.706 bits per heavy atom. The van der Waals surface area contributed by atoms with E-state index < -0.39 is 0 Å². The fourth-order valence-corrected chi connectivity index (χ4v) is 7.29. The summed E-state index contributed by atoms with van der Waals surface area (Å²) in [5.41, 5.74) is 5.65. The van der Waals surface area contributed by atoms with Crippen LogP contribution in [0.15, 0.2) is 39.2 Å². The zero-order valence-electron chi connectivity index (χ0n) is 33.9. The van der Waals surface area contributed by atoms with Crippen molar-refractivity contribution in [2.75, 3.05) is 19.6 Å². The van der Waals surface area contributed by atoms with Crippen molar-refractivity contribution < 1.29 is 10.2 Å². The van der Waals surface area contributed by atoms with Crippen molar-refractivity contribution in [3.8, 4) is 11.5 Å². The molecule has 6 heteroatoms. The van der Waals surface area contributed by atoms with Crippen LogP contribution in [-0.4, -0.2) is 65.1 Å². The number of phenols is 2. The molecule has 2 aromatic rings. The minimum Gasteiger partial charge on any atom is -0.507 e. The number of nitrogens with zero attached hydrogens (tertiary/aromatic N) is 4. The van der Waals surface area contributed by atoms with Crippen LogP contribution >= 0.6 is 0 Å². The molecular formula is C45H70N4O2. The molecule has 1 heterocycles. The summed E-state index contributed by atoms with van der Waals surface area (Å²) in [7, 11) is 0. The summed E-state index contributed by atoms with van der Waals surface area (Å²) < 4.78 is 0. The fourth-order valence-electron chi connectivity index (χ4n) is 7.29. The van der Waals surface area contributed by atoms with Gasteiger partial charge in [-0.05, 0) is 90.0 Å². The minimum atomic E-state index is -0.188. The molecule has 0 radical (unpaired) electrons.